The number of likely N-dealkylation sites (tertiary alicyclic amines) is 1. The van der Waals surface area contributed by atoms with Crippen LogP contribution in [-0.2, 0) is 11.2 Å². The molecular weight excluding hydrogens is 398 g/mol. The minimum atomic E-state index is 0.00143. The van der Waals surface area contributed by atoms with Gasteiger partial charge < -0.3 is 15.1 Å². The van der Waals surface area contributed by atoms with Gasteiger partial charge in [-0.1, -0.05) is 37.3 Å². The van der Waals surface area contributed by atoms with Gasteiger partial charge in [0.1, 0.15) is 0 Å². The Bertz CT molecular complexity index is 914. The summed E-state index contributed by atoms with van der Waals surface area (Å²) in [6.07, 6.45) is 6.81. The van der Waals surface area contributed by atoms with Crippen molar-refractivity contribution < 1.29 is 9.59 Å². The molecule has 1 N–H and O–H groups in total. The van der Waals surface area contributed by atoms with Crippen molar-refractivity contribution in [3.63, 3.8) is 0 Å². The van der Waals surface area contributed by atoms with Crippen LogP contribution >= 0.6 is 0 Å². The van der Waals surface area contributed by atoms with Crippen LogP contribution in [-0.4, -0.2) is 42.9 Å². The van der Waals surface area contributed by atoms with Gasteiger partial charge in [-0.2, -0.15) is 0 Å². The normalized spacial score (nSPS) is 16.9. The molecule has 2 aromatic carbocycles. The number of carbonyl (C=O) groups is 2. The molecule has 0 aliphatic carbocycles. The number of nitrogens with one attached hydrogen (secondary N) is 1. The molecule has 0 atom stereocenters. The largest absolute Gasteiger partial charge is 0.371 e. The Morgan fingerprint density at radius 2 is 1.69 bits per heavy atom. The van der Waals surface area contributed by atoms with Crippen LogP contribution in [0.3, 0.4) is 0 Å². The number of benzene rings is 2. The smallest absolute Gasteiger partial charge is 0.256 e. The number of anilines is 2. The maximum absolute atomic E-state index is 13.4. The third kappa shape index (κ3) is 5.50. The van der Waals surface area contributed by atoms with Crippen LogP contribution < -0.4 is 10.2 Å². The fourth-order valence-corrected chi connectivity index (χ4v) is 4.93. The monoisotopic (exact) mass is 433 g/mol. The molecule has 2 amide bonds. The van der Waals surface area contributed by atoms with Crippen molar-refractivity contribution >= 4 is 23.2 Å². The number of hydrogen-bond acceptors (Lipinski definition) is 3. The molecule has 32 heavy (non-hydrogen) atoms. The van der Waals surface area contributed by atoms with Gasteiger partial charge in [0, 0.05) is 44.0 Å². The molecule has 170 valence electrons. The van der Waals surface area contributed by atoms with E-state index >= 15 is 0 Å². The van der Waals surface area contributed by atoms with Crippen molar-refractivity contribution in [2.45, 2.75) is 51.9 Å². The van der Waals surface area contributed by atoms with Crippen molar-refractivity contribution in [1.29, 1.82) is 0 Å². The van der Waals surface area contributed by atoms with Crippen molar-refractivity contribution in [1.82, 2.24) is 4.90 Å². The molecule has 0 radical (unpaired) electrons. The van der Waals surface area contributed by atoms with Gasteiger partial charge in [0.15, 0.2) is 0 Å². The Labute approximate surface area is 191 Å². The Morgan fingerprint density at radius 3 is 2.38 bits per heavy atom. The second kappa shape index (κ2) is 10.7. The first-order valence-corrected chi connectivity index (χ1v) is 12.2. The molecule has 2 heterocycles. The second-order valence-electron chi connectivity index (χ2n) is 9.15. The predicted molar refractivity (Wildman–Crippen MR) is 130 cm³/mol. The summed E-state index contributed by atoms with van der Waals surface area (Å²) in [5.74, 6) is 0.774. The number of hydrogen-bond donors (Lipinski definition) is 1. The van der Waals surface area contributed by atoms with Crippen LogP contribution in [0.2, 0.25) is 0 Å². The molecule has 5 heteroatoms. The number of amides is 2. The zero-order valence-corrected chi connectivity index (χ0v) is 19.2. The van der Waals surface area contributed by atoms with Gasteiger partial charge >= 0.3 is 0 Å². The highest BCUT2D eigenvalue weighted by molar-refractivity contribution is 6.02. The molecule has 0 aromatic heterocycles. The van der Waals surface area contributed by atoms with Crippen molar-refractivity contribution in [3.8, 4) is 0 Å². The summed E-state index contributed by atoms with van der Waals surface area (Å²) >= 11 is 0. The molecule has 2 saturated heterocycles. The lowest BCUT2D eigenvalue weighted by Gasteiger charge is -2.35. The topological polar surface area (TPSA) is 52.7 Å². The van der Waals surface area contributed by atoms with E-state index in [1.807, 2.05) is 30.0 Å². The van der Waals surface area contributed by atoms with Crippen LogP contribution in [0.1, 0.15) is 61.4 Å². The van der Waals surface area contributed by atoms with Crippen molar-refractivity contribution in [3.05, 3.63) is 59.7 Å². The van der Waals surface area contributed by atoms with E-state index in [1.165, 1.54) is 5.56 Å². The molecule has 0 unspecified atom stereocenters. The van der Waals surface area contributed by atoms with E-state index in [1.54, 1.807) is 0 Å². The van der Waals surface area contributed by atoms with E-state index in [9.17, 15) is 9.59 Å². The van der Waals surface area contributed by atoms with Gasteiger partial charge in [-0.05, 0) is 68.2 Å². The van der Waals surface area contributed by atoms with Crippen LogP contribution in [0, 0.1) is 5.92 Å². The van der Waals surface area contributed by atoms with E-state index in [0.29, 0.717) is 18.0 Å². The molecule has 2 fully saturated rings. The molecule has 2 aliphatic heterocycles. The lowest BCUT2D eigenvalue weighted by atomic mass is 9.89. The van der Waals surface area contributed by atoms with E-state index in [-0.39, 0.29) is 11.8 Å². The average Bonchev–Trinajstić information content (AvgIpc) is 3.35. The lowest BCUT2D eigenvalue weighted by Crippen LogP contribution is -2.36. The van der Waals surface area contributed by atoms with E-state index in [4.69, 9.17) is 0 Å². The summed E-state index contributed by atoms with van der Waals surface area (Å²) < 4.78 is 0. The van der Waals surface area contributed by atoms with Gasteiger partial charge in [-0.25, -0.2) is 0 Å². The zero-order chi connectivity index (χ0) is 22.3. The summed E-state index contributed by atoms with van der Waals surface area (Å²) in [6, 6.07) is 16.6. The number of rotatable bonds is 7. The number of carbonyl (C=O) groups excluding carboxylic acids is 2. The standard InChI is InChI=1S/C27H35N3O2/c1-2-8-26(31)28-23-11-12-25(24(20-23)27(32)30-15-6-7-16-30)29-17-13-22(14-18-29)19-21-9-4-3-5-10-21/h3-5,9-12,20,22H,2,6-8,13-19H2,1H3,(H,28,31). The second-order valence-corrected chi connectivity index (χ2v) is 9.15. The van der Waals surface area contributed by atoms with Crippen LogP contribution in [0.25, 0.3) is 0 Å². The zero-order valence-electron chi connectivity index (χ0n) is 19.2. The van der Waals surface area contributed by atoms with Crippen molar-refractivity contribution in [2.24, 2.45) is 5.92 Å². The number of nitrogens with zero attached hydrogens (tertiary/aromatic N) is 2. The van der Waals surface area contributed by atoms with Crippen LogP contribution in [0.15, 0.2) is 48.5 Å². The van der Waals surface area contributed by atoms with Gasteiger partial charge in [0.2, 0.25) is 5.91 Å². The highest BCUT2D eigenvalue weighted by Crippen LogP contribution is 2.31. The SMILES string of the molecule is CCCC(=O)Nc1ccc(N2CCC(Cc3ccccc3)CC2)c(C(=O)N2CCCC2)c1. The van der Waals surface area contributed by atoms with Gasteiger partial charge in [-0.15, -0.1) is 0 Å². The van der Waals surface area contributed by atoms with E-state index < -0.39 is 0 Å². The maximum atomic E-state index is 13.4. The maximum Gasteiger partial charge on any atom is 0.256 e. The first kappa shape index (κ1) is 22.4. The highest BCUT2D eigenvalue weighted by atomic mass is 16.2. The van der Waals surface area contributed by atoms with Crippen LogP contribution in [0.4, 0.5) is 11.4 Å². The van der Waals surface area contributed by atoms with E-state index in [0.717, 1.165) is 76.0 Å². The van der Waals surface area contributed by atoms with E-state index in [2.05, 4.69) is 40.5 Å². The molecule has 0 saturated carbocycles. The predicted octanol–water partition coefficient (Wildman–Crippen LogP) is 5.12. The first-order valence-electron chi connectivity index (χ1n) is 12.2. The fraction of sp³-hybridized carbons (Fsp3) is 0.481. The Kier molecular flexibility index (Phi) is 7.46. The quantitative estimate of drug-likeness (QED) is 0.659. The summed E-state index contributed by atoms with van der Waals surface area (Å²) in [4.78, 5) is 29.8. The third-order valence-corrected chi connectivity index (χ3v) is 6.70. The minimum absolute atomic E-state index is 0.00143. The van der Waals surface area contributed by atoms with Crippen LogP contribution in [0.5, 0.6) is 0 Å². The van der Waals surface area contributed by atoms with Gasteiger partial charge in [0.25, 0.3) is 5.91 Å². The molecule has 4 rings (SSSR count). The minimum Gasteiger partial charge on any atom is -0.371 e. The first-order chi connectivity index (χ1) is 15.6. The van der Waals surface area contributed by atoms with Gasteiger partial charge in [-0.3, -0.25) is 9.59 Å². The average molecular weight is 434 g/mol. The molecule has 0 bridgehead atoms. The molecule has 5 nitrogen and oxygen atoms in total. The summed E-state index contributed by atoms with van der Waals surface area (Å²) in [5, 5.41) is 2.97. The molecule has 2 aliphatic rings. The summed E-state index contributed by atoms with van der Waals surface area (Å²) in [6.45, 7) is 5.55. The summed E-state index contributed by atoms with van der Waals surface area (Å²) in [7, 11) is 0. The summed E-state index contributed by atoms with van der Waals surface area (Å²) in [5.41, 5.74) is 3.85. The third-order valence-electron chi connectivity index (χ3n) is 6.70. The van der Waals surface area contributed by atoms with Crippen molar-refractivity contribution in [2.75, 3.05) is 36.4 Å². The Balaban J connectivity index is 1.49. The fourth-order valence-electron chi connectivity index (χ4n) is 4.93. The molecule has 2 aromatic rings. The molecular formula is C27H35N3O2. The van der Waals surface area contributed by atoms with Gasteiger partial charge in [0.05, 0.1) is 5.56 Å². The highest BCUT2D eigenvalue weighted by Gasteiger charge is 2.27. The molecule has 0 spiro atoms. The Hall–Kier alpha value is -2.82. The number of piperidine rings is 1. The lowest BCUT2D eigenvalue weighted by molar-refractivity contribution is -0.116. The Morgan fingerprint density at radius 1 is 0.969 bits per heavy atom.